The molecule has 9 heteroatoms. The molecule has 0 aliphatic heterocycles. The van der Waals surface area contributed by atoms with E-state index in [1.807, 2.05) is 6.07 Å². The van der Waals surface area contributed by atoms with Gasteiger partial charge in [0.2, 0.25) is 0 Å². The lowest BCUT2D eigenvalue weighted by molar-refractivity contribution is 0.414. The van der Waals surface area contributed by atoms with E-state index >= 15 is 4.39 Å². The maximum absolute atomic E-state index is 15.4. The van der Waals surface area contributed by atoms with Crippen molar-refractivity contribution < 1.29 is 9.13 Å². The van der Waals surface area contributed by atoms with Crippen molar-refractivity contribution in [2.24, 2.45) is 9.98 Å². The van der Waals surface area contributed by atoms with Crippen LogP contribution in [0.1, 0.15) is 5.56 Å². The van der Waals surface area contributed by atoms with E-state index in [1.54, 1.807) is 55.7 Å². The molecule has 0 saturated carbocycles. The molecule has 0 heterocycles. The molecule has 0 saturated heterocycles. The Kier molecular flexibility index (Phi) is 8.53. The number of halogens is 3. The van der Waals surface area contributed by atoms with Gasteiger partial charge in [-0.2, -0.15) is 0 Å². The fourth-order valence-electron chi connectivity index (χ4n) is 2.91. The highest BCUT2D eigenvalue weighted by atomic mass is 35.5. The topological polar surface area (TPSA) is 58.0 Å². The second-order valence-electron chi connectivity index (χ2n) is 6.55. The van der Waals surface area contributed by atoms with E-state index in [9.17, 15) is 0 Å². The maximum Gasteiger partial charge on any atom is 0.154 e. The molecule has 166 valence electrons. The molecule has 0 bridgehead atoms. The summed E-state index contributed by atoms with van der Waals surface area (Å²) in [6, 6.07) is 13.9. The number of nitrogens with zero attached hydrogens (tertiary/aromatic N) is 2. The molecule has 0 spiro atoms. The molecule has 32 heavy (non-hydrogen) atoms. The SMILES string of the molecule is C=Nc1ccc(-c2cccc(NSc3cc(Cl)cc(OC)c3Cl)c2F)cc1/C=N\CNC. The van der Waals surface area contributed by atoms with Gasteiger partial charge >= 0.3 is 0 Å². The molecule has 0 aromatic heterocycles. The Morgan fingerprint density at radius 3 is 2.72 bits per heavy atom. The van der Waals surface area contributed by atoms with Crippen molar-refractivity contribution in [2.45, 2.75) is 4.90 Å². The number of nitrogens with one attached hydrogen (secondary N) is 2. The van der Waals surface area contributed by atoms with Gasteiger partial charge in [-0.05, 0) is 55.5 Å². The van der Waals surface area contributed by atoms with Gasteiger partial charge in [-0.15, -0.1) is 0 Å². The molecule has 0 aliphatic carbocycles. The van der Waals surface area contributed by atoms with Crippen molar-refractivity contribution in [1.29, 1.82) is 0 Å². The van der Waals surface area contributed by atoms with E-state index in [2.05, 4.69) is 26.7 Å². The highest BCUT2D eigenvalue weighted by molar-refractivity contribution is 8.00. The second kappa shape index (κ2) is 11.3. The van der Waals surface area contributed by atoms with Gasteiger partial charge in [0, 0.05) is 28.4 Å². The van der Waals surface area contributed by atoms with Crippen LogP contribution in [0.25, 0.3) is 11.1 Å². The number of aliphatic imine (C=N–C) groups is 2. The zero-order valence-electron chi connectivity index (χ0n) is 17.5. The Hall–Kier alpha value is -2.58. The van der Waals surface area contributed by atoms with Gasteiger partial charge in [-0.25, -0.2) is 4.39 Å². The molecule has 3 rings (SSSR count). The van der Waals surface area contributed by atoms with E-state index < -0.39 is 5.82 Å². The van der Waals surface area contributed by atoms with Gasteiger partial charge in [0.25, 0.3) is 0 Å². The molecule has 0 atom stereocenters. The molecule has 0 fully saturated rings. The van der Waals surface area contributed by atoms with Gasteiger partial charge in [0.05, 0.1) is 35.1 Å². The Bertz CT molecular complexity index is 1160. The Labute approximate surface area is 200 Å². The highest BCUT2D eigenvalue weighted by Gasteiger charge is 2.14. The van der Waals surface area contributed by atoms with Crippen LogP contribution in [0.4, 0.5) is 15.8 Å². The number of rotatable bonds is 9. The van der Waals surface area contributed by atoms with Crippen LogP contribution in [0.5, 0.6) is 5.75 Å². The standard InChI is InChI=1S/C23H21Cl2FN4OS/c1-27-13-29-12-15-9-14(7-8-18(15)28-2)17-5-4-6-19(23(17)26)30-32-21-11-16(24)10-20(31-3)22(21)25/h4-12,27,30H,2,13H2,1,3H3/b29-12-. The van der Waals surface area contributed by atoms with Gasteiger partial charge < -0.3 is 14.8 Å². The van der Waals surface area contributed by atoms with Gasteiger partial charge in [0.15, 0.2) is 5.82 Å². The number of methoxy groups -OCH3 is 1. The first kappa shape index (κ1) is 24.1. The van der Waals surface area contributed by atoms with Crippen molar-refractivity contribution >= 4 is 59.5 Å². The molecule has 3 aromatic rings. The molecule has 0 amide bonds. The monoisotopic (exact) mass is 490 g/mol. The molecule has 0 radical (unpaired) electrons. The van der Waals surface area contributed by atoms with E-state index in [0.29, 0.717) is 49.9 Å². The van der Waals surface area contributed by atoms with E-state index in [4.69, 9.17) is 27.9 Å². The van der Waals surface area contributed by atoms with Crippen LogP contribution in [0.15, 0.2) is 63.4 Å². The van der Waals surface area contributed by atoms with E-state index in [0.717, 1.165) is 17.5 Å². The zero-order chi connectivity index (χ0) is 23.1. The Morgan fingerprint density at radius 1 is 1.19 bits per heavy atom. The minimum atomic E-state index is -0.400. The number of ether oxygens (including phenoxy) is 1. The minimum absolute atomic E-state index is 0.304. The first-order chi connectivity index (χ1) is 15.5. The Balaban J connectivity index is 1.90. The van der Waals surface area contributed by atoms with Crippen LogP contribution in [0.2, 0.25) is 10.0 Å². The zero-order valence-corrected chi connectivity index (χ0v) is 19.8. The van der Waals surface area contributed by atoms with E-state index in [-0.39, 0.29) is 0 Å². The summed E-state index contributed by atoms with van der Waals surface area (Å²) in [4.78, 5) is 8.90. The molecular weight excluding hydrogens is 470 g/mol. The molecule has 2 N–H and O–H groups in total. The smallest absolute Gasteiger partial charge is 0.154 e. The molecule has 0 unspecified atom stereocenters. The molecule has 3 aromatic carbocycles. The summed E-state index contributed by atoms with van der Waals surface area (Å²) in [5.74, 6) is 0.0450. The van der Waals surface area contributed by atoms with Crippen LogP contribution < -0.4 is 14.8 Å². The first-order valence-corrected chi connectivity index (χ1v) is 11.1. The van der Waals surface area contributed by atoms with Crippen molar-refractivity contribution in [3.8, 4) is 16.9 Å². The predicted molar refractivity (Wildman–Crippen MR) is 135 cm³/mol. The molecule has 0 aliphatic rings. The molecular formula is C23H21Cl2FN4OS. The fraction of sp³-hybridized carbons (Fsp3) is 0.130. The van der Waals surface area contributed by atoms with Gasteiger partial charge in [0.1, 0.15) is 5.75 Å². The molecule has 5 nitrogen and oxygen atoms in total. The summed E-state index contributed by atoms with van der Waals surface area (Å²) >= 11 is 13.6. The van der Waals surface area contributed by atoms with Crippen molar-refractivity contribution in [3.05, 3.63) is 70.0 Å². The average molecular weight is 491 g/mol. The predicted octanol–water partition coefficient (Wildman–Crippen LogP) is 6.86. The summed E-state index contributed by atoms with van der Waals surface area (Å²) < 4.78 is 23.6. The summed E-state index contributed by atoms with van der Waals surface area (Å²) in [5.41, 5.74) is 2.85. The van der Waals surface area contributed by atoms with Crippen molar-refractivity contribution in [3.63, 3.8) is 0 Å². The summed E-state index contributed by atoms with van der Waals surface area (Å²) in [6.45, 7) is 4.05. The van der Waals surface area contributed by atoms with Gasteiger partial charge in [-0.3, -0.25) is 9.98 Å². The maximum atomic E-state index is 15.4. The third kappa shape index (κ3) is 5.61. The quantitative estimate of drug-likeness (QED) is 0.254. The summed E-state index contributed by atoms with van der Waals surface area (Å²) in [6.07, 6.45) is 1.69. The normalized spacial score (nSPS) is 11.0. The summed E-state index contributed by atoms with van der Waals surface area (Å²) in [7, 11) is 3.31. The number of benzene rings is 3. The third-order valence-electron chi connectivity index (χ3n) is 4.45. The van der Waals surface area contributed by atoms with Crippen LogP contribution in [-0.2, 0) is 0 Å². The fourth-order valence-corrected chi connectivity index (χ4v) is 4.24. The van der Waals surface area contributed by atoms with E-state index in [1.165, 1.54) is 7.11 Å². The number of anilines is 1. The first-order valence-electron chi connectivity index (χ1n) is 9.48. The summed E-state index contributed by atoms with van der Waals surface area (Å²) in [5, 5.41) is 3.80. The number of hydrogen-bond donors (Lipinski definition) is 2. The van der Waals surface area contributed by atoms with Crippen molar-refractivity contribution in [2.75, 3.05) is 25.5 Å². The lowest BCUT2D eigenvalue weighted by Gasteiger charge is -2.13. The highest BCUT2D eigenvalue weighted by Crippen LogP contribution is 2.39. The lowest BCUT2D eigenvalue weighted by Crippen LogP contribution is -2.04. The largest absolute Gasteiger partial charge is 0.495 e. The van der Waals surface area contributed by atoms with Gasteiger partial charge in [-0.1, -0.05) is 41.4 Å². The average Bonchev–Trinajstić information content (AvgIpc) is 2.80. The Morgan fingerprint density at radius 2 is 2.00 bits per heavy atom. The lowest BCUT2D eigenvalue weighted by atomic mass is 10.0. The van der Waals surface area contributed by atoms with Crippen LogP contribution in [0, 0.1) is 5.82 Å². The van der Waals surface area contributed by atoms with Crippen LogP contribution in [0.3, 0.4) is 0 Å². The van der Waals surface area contributed by atoms with Crippen LogP contribution in [-0.4, -0.2) is 33.8 Å². The second-order valence-corrected chi connectivity index (χ2v) is 8.21. The third-order valence-corrected chi connectivity index (χ3v) is 6.03. The minimum Gasteiger partial charge on any atom is -0.495 e. The van der Waals surface area contributed by atoms with Crippen molar-refractivity contribution in [1.82, 2.24) is 5.32 Å². The van der Waals surface area contributed by atoms with Crippen LogP contribution >= 0.6 is 35.1 Å². The number of hydrogen-bond acceptors (Lipinski definition) is 6.